The first-order valence-electron chi connectivity index (χ1n) is 5.93. The lowest BCUT2D eigenvalue weighted by atomic mass is 9.97. The third-order valence-electron chi connectivity index (χ3n) is 2.51. The Labute approximate surface area is 108 Å². The zero-order chi connectivity index (χ0) is 13.8. The number of benzene rings is 1. The number of carbonyl (C=O) groups is 1. The average Bonchev–Trinajstić information content (AvgIpc) is 2.34. The highest BCUT2D eigenvalue weighted by atomic mass is 16.5. The van der Waals surface area contributed by atoms with Crippen molar-refractivity contribution in [1.82, 2.24) is 5.32 Å². The van der Waals surface area contributed by atoms with Crippen molar-refractivity contribution in [2.45, 2.75) is 38.5 Å². The van der Waals surface area contributed by atoms with E-state index in [0.717, 1.165) is 5.56 Å². The van der Waals surface area contributed by atoms with Crippen molar-refractivity contribution in [1.29, 1.82) is 0 Å². The summed E-state index contributed by atoms with van der Waals surface area (Å²) in [4.78, 5) is 11.5. The fraction of sp³-hybridized carbons (Fsp3) is 0.500. The van der Waals surface area contributed by atoms with Gasteiger partial charge in [-0.15, -0.1) is 0 Å². The molecule has 100 valence electrons. The fourth-order valence-corrected chi connectivity index (χ4v) is 1.73. The Bertz CT molecular complexity index is 384. The smallest absolute Gasteiger partial charge is 0.336 e. The number of hydrogen-bond donors (Lipinski definition) is 2. The number of aliphatic hydroxyl groups excluding tert-OH is 1. The van der Waals surface area contributed by atoms with E-state index in [9.17, 15) is 9.90 Å². The number of aliphatic hydroxyl groups is 1. The summed E-state index contributed by atoms with van der Waals surface area (Å²) in [5, 5.41) is 13.3. The number of ether oxygens (including phenoxy) is 1. The monoisotopic (exact) mass is 251 g/mol. The van der Waals surface area contributed by atoms with Gasteiger partial charge in [0.15, 0.2) is 6.10 Å². The standard InChI is InChI=1S/C14H21NO3/c1-14(2,3)15-11(12(16)13(17)18-4)10-8-6-5-7-9-10/h5-9,11-12,15-16H,1-4H3. The maximum Gasteiger partial charge on any atom is 0.336 e. The van der Waals surface area contributed by atoms with Gasteiger partial charge in [-0.05, 0) is 26.3 Å². The topological polar surface area (TPSA) is 58.6 Å². The summed E-state index contributed by atoms with van der Waals surface area (Å²) in [7, 11) is 1.27. The van der Waals surface area contributed by atoms with Gasteiger partial charge in [-0.3, -0.25) is 0 Å². The van der Waals surface area contributed by atoms with Crippen molar-refractivity contribution < 1.29 is 14.6 Å². The molecule has 0 aliphatic carbocycles. The predicted molar refractivity (Wildman–Crippen MR) is 70.1 cm³/mol. The maximum atomic E-state index is 11.5. The maximum absolute atomic E-state index is 11.5. The minimum Gasteiger partial charge on any atom is -0.467 e. The van der Waals surface area contributed by atoms with E-state index in [4.69, 9.17) is 0 Å². The molecule has 1 aromatic carbocycles. The van der Waals surface area contributed by atoms with Crippen LogP contribution in [0.2, 0.25) is 0 Å². The Morgan fingerprint density at radius 2 is 1.83 bits per heavy atom. The molecule has 0 bridgehead atoms. The van der Waals surface area contributed by atoms with Gasteiger partial charge in [0.1, 0.15) is 0 Å². The second kappa shape index (κ2) is 5.98. The third-order valence-corrected chi connectivity index (χ3v) is 2.51. The number of rotatable bonds is 4. The van der Waals surface area contributed by atoms with Crippen molar-refractivity contribution in [3.8, 4) is 0 Å². The van der Waals surface area contributed by atoms with E-state index in [1.54, 1.807) is 0 Å². The van der Waals surface area contributed by atoms with Crippen LogP contribution in [0.25, 0.3) is 0 Å². The highest BCUT2D eigenvalue weighted by Crippen LogP contribution is 2.21. The molecular formula is C14H21NO3. The number of esters is 1. The van der Waals surface area contributed by atoms with E-state index in [0.29, 0.717) is 0 Å². The first-order valence-corrected chi connectivity index (χ1v) is 5.93. The molecule has 4 nitrogen and oxygen atoms in total. The van der Waals surface area contributed by atoms with Crippen LogP contribution in [-0.2, 0) is 9.53 Å². The van der Waals surface area contributed by atoms with Crippen LogP contribution in [0, 0.1) is 0 Å². The molecule has 0 heterocycles. The Balaban J connectivity index is 2.99. The molecule has 2 N–H and O–H groups in total. The normalized spacial score (nSPS) is 14.9. The van der Waals surface area contributed by atoms with Crippen LogP contribution in [0.3, 0.4) is 0 Å². The molecule has 1 rings (SSSR count). The second-order valence-electron chi connectivity index (χ2n) is 5.25. The van der Waals surface area contributed by atoms with Crippen LogP contribution >= 0.6 is 0 Å². The Kier molecular flexibility index (Phi) is 4.87. The Morgan fingerprint density at radius 3 is 2.28 bits per heavy atom. The van der Waals surface area contributed by atoms with Gasteiger partial charge in [0, 0.05) is 5.54 Å². The molecule has 4 heteroatoms. The lowest BCUT2D eigenvalue weighted by Gasteiger charge is -2.31. The van der Waals surface area contributed by atoms with Gasteiger partial charge in [0.2, 0.25) is 0 Å². The van der Waals surface area contributed by atoms with Gasteiger partial charge in [0.05, 0.1) is 13.2 Å². The van der Waals surface area contributed by atoms with Crippen molar-refractivity contribution >= 4 is 5.97 Å². The molecule has 1 aromatic rings. The molecule has 0 aromatic heterocycles. The first kappa shape index (κ1) is 14.7. The summed E-state index contributed by atoms with van der Waals surface area (Å²) in [6, 6.07) is 8.89. The molecular weight excluding hydrogens is 230 g/mol. The minimum absolute atomic E-state index is 0.227. The SMILES string of the molecule is COC(=O)C(O)C(NC(C)(C)C)c1ccccc1. The molecule has 0 radical (unpaired) electrons. The van der Waals surface area contributed by atoms with Gasteiger partial charge in [-0.2, -0.15) is 0 Å². The fourth-order valence-electron chi connectivity index (χ4n) is 1.73. The molecule has 2 atom stereocenters. The first-order chi connectivity index (χ1) is 8.35. The Morgan fingerprint density at radius 1 is 1.28 bits per heavy atom. The summed E-state index contributed by atoms with van der Waals surface area (Å²) in [5.41, 5.74) is 0.625. The van der Waals surface area contributed by atoms with E-state index >= 15 is 0 Å². The zero-order valence-electron chi connectivity index (χ0n) is 11.3. The highest BCUT2D eigenvalue weighted by Gasteiger charge is 2.31. The molecule has 0 aliphatic heterocycles. The third kappa shape index (κ3) is 4.13. The summed E-state index contributed by atoms with van der Waals surface area (Å²) < 4.78 is 4.60. The van der Waals surface area contributed by atoms with E-state index in [2.05, 4.69) is 10.1 Å². The second-order valence-corrected chi connectivity index (χ2v) is 5.25. The van der Waals surface area contributed by atoms with Gasteiger partial charge in [-0.25, -0.2) is 4.79 Å². The molecule has 18 heavy (non-hydrogen) atoms. The van der Waals surface area contributed by atoms with Gasteiger partial charge >= 0.3 is 5.97 Å². The molecule has 0 aliphatic rings. The average molecular weight is 251 g/mol. The molecule has 2 unspecified atom stereocenters. The summed E-state index contributed by atoms with van der Waals surface area (Å²) >= 11 is 0. The van der Waals surface area contributed by atoms with Crippen LogP contribution in [0.1, 0.15) is 32.4 Å². The van der Waals surface area contributed by atoms with Gasteiger partial charge < -0.3 is 15.2 Å². The van der Waals surface area contributed by atoms with E-state index in [1.807, 2.05) is 51.1 Å². The van der Waals surface area contributed by atoms with Crippen LogP contribution < -0.4 is 5.32 Å². The Hall–Kier alpha value is -1.39. The van der Waals surface area contributed by atoms with Crippen LogP contribution in [0.15, 0.2) is 30.3 Å². The summed E-state index contributed by atoms with van der Waals surface area (Å²) in [5.74, 6) is -0.638. The zero-order valence-corrected chi connectivity index (χ0v) is 11.3. The lowest BCUT2D eigenvalue weighted by Crippen LogP contribution is -2.46. The number of carbonyl (C=O) groups excluding carboxylic acids is 1. The number of methoxy groups -OCH3 is 1. The van der Waals surface area contributed by atoms with E-state index in [1.165, 1.54) is 7.11 Å². The van der Waals surface area contributed by atoms with Crippen LogP contribution in [-0.4, -0.2) is 29.8 Å². The van der Waals surface area contributed by atoms with E-state index in [-0.39, 0.29) is 5.54 Å². The quantitative estimate of drug-likeness (QED) is 0.799. The highest BCUT2D eigenvalue weighted by molar-refractivity contribution is 5.75. The summed E-state index contributed by atoms with van der Waals surface area (Å²) in [6.45, 7) is 5.94. The van der Waals surface area contributed by atoms with Crippen molar-refractivity contribution in [2.75, 3.05) is 7.11 Å². The number of hydrogen-bond acceptors (Lipinski definition) is 4. The summed E-state index contributed by atoms with van der Waals surface area (Å²) in [6.07, 6.45) is -1.23. The van der Waals surface area contributed by atoms with E-state index < -0.39 is 18.1 Å². The van der Waals surface area contributed by atoms with Crippen molar-refractivity contribution in [3.05, 3.63) is 35.9 Å². The largest absolute Gasteiger partial charge is 0.467 e. The van der Waals surface area contributed by atoms with Gasteiger partial charge in [-0.1, -0.05) is 30.3 Å². The van der Waals surface area contributed by atoms with Crippen LogP contribution in [0.5, 0.6) is 0 Å². The number of nitrogens with one attached hydrogen (secondary N) is 1. The molecule has 0 saturated heterocycles. The predicted octanol–water partition coefficient (Wildman–Crippen LogP) is 1.65. The van der Waals surface area contributed by atoms with Crippen molar-refractivity contribution in [3.63, 3.8) is 0 Å². The van der Waals surface area contributed by atoms with Crippen LogP contribution in [0.4, 0.5) is 0 Å². The molecule has 0 fully saturated rings. The molecule has 0 saturated carbocycles. The molecule has 0 spiro atoms. The lowest BCUT2D eigenvalue weighted by molar-refractivity contribution is -0.152. The minimum atomic E-state index is -1.23. The molecule has 0 amide bonds. The van der Waals surface area contributed by atoms with Crippen molar-refractivity contribution in [2.24, 2.45) is 0 Å². The van der Waals surface area contributed by atoms with Gasteiger partial charge in [0.25, 0.3) is 0 Å².